The zero-order valence-electron chi connectivity index (χ0n) is 5.33. The fourth-order valence-electron chi connectivity index (χ4n) is 0.543. The lowest BCUT2D eigenvalue weighted by Gasteiger charge is -1.97. The molecule has 0 saturated carbocycles. The number of aromatic nitrogens is 4. The summed E-state index contributed by atoms with van der Waals surface area (Å²) in [5.41, 5.74) is -0.259. The van der Waals surface area contributed by atoms with Crippen LogP contribution in [0.3, 0.4) is 0 Å². The zero-order chi connectivity index (χ0) is 6.85. The van der Waals surface area contributed by atoms with Crippen molar-refractivity contribution in [3.05, 3.63) is 10.5 Å². The Morgan fingerprint density at radius 1 is 1.67 bits per heavy atom. The van der Waals surface area contributed by atoms with Crippen molar-refractivity contribution >= 4 is 0 Å². The molecule has 0 saturated heterocycles. The van der Waals surface area contributed by atoms with Crippen molar-refractivity contribution in [2.24, 2.45) is 0 Å². The van der Waals surface area contributed by atoms with E-state index in [9.17, 15) is 4.79 Å². The van der Waals surface area contributed by atoms with Crippen molar-refractivity contribution < 1.29 is 0 Å². The fourth-order valence-corrected chi connectivity index (χ4v) is 0.543. The summed E-state index contributed by atoms with van der Waals surface area (Å²) in [4.78, 5) is 10.6. The number of tetrazole rings is 1. The van der Waals surface area contributed by atoms with Gasteiger partial charge in [-0.15, -0.1) is 0 Å². The van der Waals surface area contributed by atoms with E-state index in [1.54, 1.807) is 0 Å². The number of nitrogens with zero attached hydrogens (tertiary/aromatic N) is 3. The summed E-state index contributed by atoms with van der Waals surface area (Å²) >= 11 is 0. The second-order valence-corrected chi connectivity index (χ2v) is 2.04. The molecule has 0 spiro atoms. The van der Waals surface area contributed by atoms with Crippen molar-refractivity contribution in [3.63, 3.8) is 0 Å². The highest BCUT2D eigenvalue weighted by Crippen LogP contribution is 1.91. The number of aromatic amines is 1. The van der Waals surface area contributed by atoms with Gasteiger partial charge >= 0.3 is 5.69 Å². The molecule has 5 heteroatoms. The Hall–Kier alpha value is -1.13. The first kappa shape index (κ1) is 6.00. The van der Waals surface area contributed by atoms with Gasteiger partial charge in [0.25, 0.3) is 0 Å². The van der Waals surface area contributed by atoms with Gasteiger partial charge in [-0.25, -0.2) is 9.89 Å². The van der Waals surface area contributed by atoms with Crippen molar-refractivity contribution in [2.75, 3.05) is 0 Å². The largest absolute Gasteiger partial charge is 0.361 e. The van der Waals surface area contributed by atoms with Crippen molar-refractivity contribution in [1.82, 2.24) is 20.2 Å². The van der Waals surface area contributed by atoms with E-state index in [0.29, 0.717) is 0 Å². The number of nitrogens with one attached hydrogen (secondary N) is 1. The van der Waals surface area contributed by atoms with Crippen LogP contribution in [0, 0.1) is 0 Å². The lowest BCUT2D eigenvalue weighted by molar-refractivity contribution is 0.500. The van der Waals surface area contributed by atoms with Crippen LogP contribution < -0.4 is 5.69 Å². The summed E-state index contributed by atoms with van der Waals surface area (Å²) in [6.45, 7) is 3.73. The highest BCUT2D eigenvalue weighted by molar-refractivity contribution is 4.56. The molecule has 1 rings (SSSR count). The minimum Gasteiger partial charge on any atom is -0.245 e. The Bertz CT molecular complexity index is 235. The molecular weight excluding hydrogens is 120 g/mol. The van der Waals surface area contributed by atoms with E-state index in [1.807, 2.05) is 13.8 Å². The fraction of sp³-hybridized carbons (Fsp3) is 0.750. The smallest absolute Gasteiger partial charge is 0.245 e. The van der Waals surface area contributed by atoms with Gasteiger partial charge in [0, 0.05) is 0 Å². The maximum Gasteiger partial charge on any atom is 0.361 e. The average molecular weight is 128 g/mol. The molecule has 0 amide bonds. The molecule has 50 valence electrons. The van der Waals surface area contributed by atoms with Crippen LogP contribution in [0.25, 0.3) is 0 Å². The van der Waals surface area contributed by atoms with Crippen LogP contribution in [0.2, 0.25) is 0 Å². The van der Waals surface area contributed by atoms with Gasteiger partial charge in [-0.05, 0) is 24.3 Å². The molecule has 0 aromatic carbocycles. The van der Waals surface area contributed by atoms with Gasteiger partial charge in [-0.3, -0.25) is 0 Å². The van der Waals surface area contributed by atoms with Gasteiger partial charge < -0.3 is 0 Å². The molecule has 1 N–H and O–H groups in total. The zero-order valence-corrected chi connectivity index (χ0v) is 5.33. The van der Waals surface area contributed by atoms with Gasteiger partial charge in [0.15, 0.2) is 0 Å². The number of H-pyrrole nitrogens is 1. The first-order valence-electron chi connectivity index (χ1n) is 2.71. The van der Waals surface area contributed by atoms with Crippen LogP contribution in [-0.4, -0.2) is 20.2 Å². The van der Waals surface area contributed by atoms with E-state index in [4.69, 9.17) is 0 Å². The lowest BCUT2D eigenvalue weighted by atomic mass is 10.4. The van der Waals surface area contributed by atoms with Crippen molar-refractivity contribution in [3.8, 4) is 0 Å². The third kappa shape index (κ3) is 0.984. The maximum atomic E-state index is 10.6. The Morgan fingerprint density at radius 2 is 2.33 bits per heavy atom. The summed E-state index contributed by atoms with van der Waals surface area (Å²) in [5, 5.41) is 9.03. The number of hydrogen-bond acceptors (Lipinski definition) is 3. The van der Waals surface area contributed by atoms with E-state index in [0.717, 1.165) is 0 Å². The standard InChI is InChI=1S/C4H8N4O/c1-3(2)8-4(9)5-6-7-8/h3H,1-2H3,(H,5,7,9). The minimum absolute atomic E-state index is 0.0799. The molecule has 1 heterocycles. The van der Waals surface area contributed by atoms with Crippen LogP contribution in [0.1, 0.15) is 19.9 Å². The second kappa shape index (κ2) is 2.00. The molecule has 0 aliphatic heterocycles. The molecule has 0 radical (unpaired) electrons. The molecular formula is C4H8N4O. The molecule has 0 bridgehead atoms. The normalized spacial score (nSPS) is 10.6. The Balaban J connectivity index is 3.08. The van der Waals surface area contributed by atoms with Gasteiger partial charge in [-0.1, -0.05) is 0 Å². The lowest BCUT2D eigenvalue weighted by Crippen LogP contribution is -2.19. The Kier molecular flexibility index (Phi) is 1.33. The highest BCUT2D eigenvalue weighted by Gasteiger charge is 2.00. The van der Waals surface area contributed by atoms with Crippen molar-refractivity contribution in [1.29, 1.82) is 0 Å². The summed E-state index contributed by atoms with van der Waals surface area (Å²) < 4.78 is 1.28. The predicted octanol–water partition coefficient (Wildman–Crippen LogP) is -0.453. The maximum absolute atomic E-state index is 10.6. The predicted molar refractivity (Wildman–Crippen MR) is 31.0 cm³/mol. The van der Waals surface area contributed by atoms with Crippen LogP contribution in [0.4, 0.5) is 0 Å². The van der Waals surface area contributed by atoms with Crippen molar-refractivity contribution in [2.45, 2.75) is 19.9 Å². The number of hydrogen-bond donors (Lipinski definition) is 1. The molecule has 9 heavy (non-hydrogen) atoms. The monoisotopic (exact) mass is 128 g/mol. The molecule has 0 fully saturated rings. The highest BCUT2D eigenvalue weighted by atomic mass is 16.2. The molecule has 0 aliphatic rings. The van der Waals surface area contributed by atoms with E-state index < -0.39 is 0 Å². The van der Waals surface area contributed by atoms with Gasteiger partial charge in [0.05, 0.1) is 6.04 Å². The van der Waals surface area contributed by atoms with E-state index in [2.05, 4.69) is 15.5 Å². The van der Waals surface area contributed by atoms with E-state index >= 15 is 0 Å². The summed E-state index contributed by atoms with van der Waals surface area (Å²) in [6.07, 6.45) is 0. The van der Waals surface area contributed by atoms with Gasteiger partial charge in [-0.2, -0.15) is 4.68 Å². The summed E-state index contributed by atoms with van der Waals surface area (Å²) in [7, 11) is 0. The Labute approximate surface area is 51.7 Å². The quantitative estimate of drug-likeness (QED) is 0.557. The Morgan fingerprint density at radius 3 is 2.56 bits per heavy atom. The summed E-state index contributed by atoms with van der Waals surface area (Å²) in [5.74, 6) is 0. The van der Waals surface area contributed by atoms with Gasteiger partial charge in [0.2, 0.25) is 0 Å². The molecule has 1 aromatic rings. The molecule has 5 nitrogen and oxygen atoms in total. The first-order chi connectivity index (χ1) is 4.22. The number of rotatable bonds is 1. The van der Waals surface area contributed by atoms with Crippen LogP contribution in [0.15, 0.2) is 4.79 Å². The third-order valence-electron chi connectivity index (χ3n) is 0.984. The first-order valence-corrected chi connectivity index (χ1v) is 2.71. The third-order valence-corrected chi connectivity index (χ3v) is 0.984. The van der Waals surface area contributed by atoms with E-state index in [1.165, 1.54) is 4.68 Å². The van der Waals surface area contributed by atoms with Crippen LogP contribution >= 0.6 is 0 Å². The second-order valence-electron chi connectivity index (χ2n) is 2.04. The molecule has 0 unspecified atom stereocenters. The summed E-state index contributed by atoms with van der Waals surface area (Å²) in [6, 6.07) is 0.0799. The molecule has 0 atom stereocenters. The van der Waals surface area contributed by atoms with Crippen LogP contribution in [-0.2, 0) is 0 Å². The SMILES string of the molecule is CC(C)n1nn[nH]c1=O. The molecule has 1 aromatic heterocycles. The van der Waals surface area contributed by atoms with E-state index in [-0.39, 0.29) is 11.7 Å². The average Bonchev–Trinajstić information content (AvgIpc) is 2.13. The van der Waals surface area contributed by atoms with Gasteiger partial charge in [0.1, 0.15) is 0 Å². The topological polar surface area (TPSA) is 63.6 Å². The van der Waals surface area contributed by atoms with Crippen LogP contribution in [0.5, 0.6) is 0 Å². The molecule has 0 aliphatic carbocycles. The minimum atomic E-state index is -0.259.